The van der Waals surface area contributed by atoms with Gasteiger partial charge in [-0.1, -0.05) is 60.7 Å². The lowest BCUT2D eigenvalue weighted by atomic mass is 9.90. The van der Waals surface area contributed by atoms with Gasteiger partial charge < -0.3 is 28.4 Å². The number of ether oxygens (including phenoxy) is 6. The van der Waals surface area contributed by atoms with E-state index in [1.807, 2.05) is 39.8 Å². The molecule has 8 heteroatoms. The van der Waals surface area contributed by atoms with Gasteiger partial charge in [-0.2, -0.15) is 0 Å². The quantitative estimate of drug-likeness (QED) is 0.434. The van der Waals surface area contributed by atoms with E-state index in [0.717, 1.165) is 0 Å². The SMILES string of the molecule is CO[C@H](CCl)[C@@H]([C@H]1O[C@@H]2OC(C)(C)O[C@@H]2[C@H]2OC(C)(C)O[C@H]21)N(Cc1ccccc1)Cc1ccccc1. The number of halogens is 1. The zero-order valence-electron chi connectivity index (χ0n) is 22.2. The monoisotopic (exact) mass is 531 g/mol. The van der Waals surface area contributed by atoms with Crippen LogP contribution in [0.4, 0.5) is 0 Å². The van der Waals surface area contributed by atoms with Crippen molar-refractivity contribution in [2.75, 3.05) is 13.0 Å². The van der Waals surface area contributed by atoms with Crippen molar-refractivity contribution in [2.24, 2.45) is 0 Å². The van der Waals surface area contributed by atoms with Gasteiger partial charge in [0.1, 0.15) is 24.4 Å². The minimum Gasteiger partial charge on any atom is -0.378 e. The van der Waals surface area contributed by atoms with Crippen LogP contribution >= 0.6 is 11.6 Å². The zero-order chi connectivity index (χ0) is 26.2. The van der Waals surface area contributed by atoms with Crippen LogP contribution in [-0.4, -0.2) is 72.3 Å². The van der Waals surface area contributed by atoms with Gasteiger partial charge in [-0.15, -0.1) is 11.6 Å². The molecule has 0 N–H and O–H groups in total. The van der Waals surface area contributed by atoms with Gasteiger partial charge in [0.15, 0.2) is 17.9 Å². The second-order valence-electron chi connectivity index (χ2n) is 10.9. The van der Waals surface area contributed by atoms with E-state index in [9.17, 15) is 0 Å². The first-order valence-corrected chi connectivity index (χ1v) is 13.5. The molecule has 2 aromatic carbocycles. The van der Waals surface area contributed by atoms with Crippen LogP contribution < -0.4 is 0 Å². The highest BCUT2D eigenvalue weighted by Crippen LogP contribution is 2.46. The van der Waals surface area contributed by atoms with Crippen molar-refractivity contribution in [1.82, 2.24) is 4.90 Å². The molecule has 0 bridgehead atoms. The topological polar surface area (TPSA) is 58.6 Å². The van der Waals surface area contributed by atoms with Crippen LogP contribution in [0.25, 0.3) is 0 Å². The highest BCUT2D eigenvalue weighted by Gasteiger charge is 2.63. The Hall–Kier alpha value is -1.55. The molecular formula is C29H38ClNO6. The molecule has 3 saturated heterocycles. The molecule has 0 saturated carbocycles. The molecular weight excluding hydrogens is 494 g/mol. The fourth-order valence-electron chi connectivity index (χ4n) is 5.77. The molecule has 2 aromatic rings. The molecule has 3 aliphatic rings. The normalized spacial score (nSPS) is 31.6. The lowest BCUT2D eigenvalue weighted by Gasteiger charge is -2.46. The van der Waals surface area contributed by atoms with Gasteiger partial charge in [-0.05, 0) is 38.8 Å². The van der Waals surface area contributed by atoms with Crippen molar-refractivity contribution < 1.29 is 28.4 Å². The molecule has 37 heavy (non-hydrogen) atoms. The first-order chi connectivity index (χ1) is 17.7. The van der Waals surface area contributed by atoms with Crippen molar-refractivity contribution in [1.29, 1.82) is 0 Å². The number of benzene rings is 2. The summed E-state index contributed by atoms with van der Waals surface area (Å²) < 4.78 is 38.1. The van der Waals surface area contributed by atoms with Crippen LogP contribution in [0.15, 0.2) is 60.7 Å². The van der Waals surface area contributed by atoms with Gasteiger partial charge in [0.05, 0.1) is 18.0 Å². The fraction of sp³-hybridized carbons (Fsp3) is 0.586. The number of hydrogen-bond acceptors (Lipinski definition) is 7. The number of nitrogens with zero attached hydrogens (tertiary/aromatic N) is 1. The number of alkyl halides is 1. The summed E-state index contributed by atoms with van der Waals surface area (Å²) in [6.07, 6.45) is -2.52. The maximum atomic E-state index is 6.72. The smallest absolute Gasteiger partial charge is 0.190 e. The van der Waals surface area contributed by atoms with Crippen molar-refractivity contribution in [2.45, 2.75) is 95.2 Å². The highest BCUT2D eigenvalue weighted by atomic mass is 35.5. The maximum Gasteiger partial charge on any atom is 0.190 e. The first-order valence-electron chi connectivity index (χ1n) is 13.0. The second-order valence-corrected chi connectivity index (χ2v) is 11.2. The summed E-state index contributed by atoms with van der Waals surface area (Å²) in [7, 11) is 1.70. The minimum absolute atomic E-state index is 0.263. The summed E-state index contributed by atoms with van der Waals surface area (Å²) in [5.41, 5.74) is 2.37. The first kappa shape index (κ1) is 27.0. The van der Waals surface area contributed by atoms with Crippen LogP contribution in [0.1, 0.15) is 38.8 Å². The van der Waals surface area contributed by atoms with Crippen LogP contribution in [0.2, 0.25) is 0 Å². The molecule has 3 aliphatic heterocycles. The van der Waals surface area contributed by atoms with Crippen LogP contribution in [-0.2, 0) is 41.5 Å². The summed E-state index contributed by atoms with van der Waals surface area (Å²) >= 11 is 6.55. The van der Waals surface area contributed by atoms with Gasteiger partial charge in [0.2, 0.25) is 0 Å². The predicted octanol–water partition coefficient (Wildman–Crippen LogP) is 4.71. The van der Waals surface area contributed by atoms with E-state index in [1.165, 1.54) is 11.1 Å². The Morgan fingerprint density at radius 1 is 0.784 bits per heavy atom. The van der Waals surface area contributed by atoms with Crippen LogP contribution in [0, 0.1) is 0 Å². The largest absolute Gasteiger partial charge is 0.378 e. The lowest BCUT2D eigenvalue weighted by molar-refractivity contribution is -0.254. The van der Waals surface area contributed by atoms with E-state index in [4.69, 9.17) is 40.0 Å². The van der Waals surface area contributed by atoms with Crippen molar-refractivity contribution >= 4 is 11.6 Å². The minimum atomic E-state index is -0.792. The Balaban J connectivity index is 1.55. The summed E-state index contributed by atoms with van der Waals surface area (Å²) in [6, 6.07) is 20.5. The molecule has 0 amide bonds. The van der Waals surface area contributed by atoms with Gasteiger partial charge in [0.25, 0.3) is 0 Å². The van der Waals surface area contributed by atoms with Gasteiger partial charge in [0, 0.05) is 20.2 Å². The van der Waals surface area contributed by atoms with E-state index in [0.29, 0.717) is 19.0 Å². The second kappa shape index (κ2) is 10.9. The Labute approximate surface area is 224 Å². The van der Waals surface area contributed by atoms with Crippen molar-refractivity contribution in [3.05, 3.63) is 71.8 Å². The average Bonchev–Trinajstić information content (AvgIpc) is 3.37. The molecule has 7 atom stereocenters. The number of hydrogen-bond donors (Lipinski definition) is 0. The predicted molar refractivity (Wildman–Crippen MR) is 140 cm³/mol. The summed E-state index contributed by atoms with van der Waals surface area (Å²) in [4.78, 5) is 2.37. The van der Waals surface area contributed by atoms with Crippen molar-refractivity contribution in [3.8, 4) is 0 Å². The maximum absolute atomic E-state index is 6.72. The summed E-state index contributed by atoms with van der Waals surface area (Å²) in [5.74, 6) is -1.29. The van der Waals surface area contributed by atoms with Crippen LogP contribution in [0.5, 0.6) is 0 Å². The number of rotatable bonds is 9. The molecule has 0 aliphatic carbocycles. The lowest BCUT2D eigenvalue weighted by Crippen LogP contribution is -2.64. The molecule has 5 rings (SSSR count). The third-order valence-corrected chi connectivity index (χ3v) is 7.55. The van der Waals surface area contributed by atoms with Crippen molar-refractivity contribution in [3.63, 3.8) is 0 Å². The fourth-order valence-corrected chi connectivity index (χ4v) is 6.08. The standard InChI is InChI=1S/C29H38ClNO6/c1-28(2)34-24-23(33-27-26(25(24)35-28)36-29(3,4)37-27)22(21(16-30)32-5)31(17-19-12-8-6-9-13-19)18-20-14-10-7-11-15-20/h6-15,21-27H,16-18H2,1-5H3/t21-,22+,23-,24+,25+,26-,27-/m1/s1. The molecule has 7 nitrogen and oxygen atoms in total. The van der Waals surface area contributed by atoms with E-state index in [2.05, 4.69) is 53.4 Å². The van der Waals surface area contributed by atoms with Crippen LogP contribution in [0.3, 0.4) is 0 Å². The Morgan fingerprint density at radius 3 is 1.84 bits per heavy atom. The Kier molecular flexibility index (Phi) is 7.97. The van der Waals surface area contributed by atoms with Gasteiger partial charge in [-0.25, -0.2) is 0 Å². The molecule has 202 valence electrons. The molecule has 3 heterocycles. The van der Waals surface area contributed by atoms with E-state index < -0.39 is 36.2 Å². The van der Waals surface area contributed by atoms with Gasteiger partial charge >= 0.3 is 0 Å². The number of fused-ring (bicyclic) bond motifs is 3. The summed E-state index contributed by atoms with van der Waals surface area (Å²) in [5, 5.41) is 0. The van der Waals surface area contributed by atoms with E-state index in [1.54, 1.807) is 7.11 Å². The molecule has 0 unspecified atom stereocenters. The van der Waals surface area contributed by atoms with E-state index >= 15 is 0 Å². The molecule has 0 spiro atoms. The molecule has 0 radical (unpaired) electrons. The Bertz CT molecular complexity index is 976. The zero-order valence-corrected chi connectivity index (χ0v) is 23.0. The third kappa shape index (κ3) is 5.89. The summed E-state index contributed by atoms with van der Waals surface area (Å²) in [6.45, 7) is 8.99. The van der Waals surface area contributed by atoms with E-state index in [-0.39, 0.29) is 18.2 Å². The van der Waals surface area contributed by atoms with Gasteiger partial charge in [-0.3, -0.25) is 4.90 Å². The highest BCUT2D eigenvalue weighted by molar-refractivity contribution is 6.18. The Morgan fingerprint density at radius 2 is 1.30 bits per heavy atom. The average molecular weight is 532 g/mol. The third-order valence-electron chi connectivity index (χ3n) is 7.24. The molecule has 3 fully saturated rings. The molecule has 0 aromatic heterocycles. The number of methoxy groups -OCH3 is 1.